The van der Waals surface area contributed by atoms with Crippen LogP contribution in [0.4, 0.5) is 4.79 Å². The zero-order valence-corrected chi connectivity index (χ0v) is 20.8. The van der Waals surface area contributed by atoms with Gasteiger partial charge in [0.15, 0.2) is 0 Å². The molecule has 2 amide bonds. The Labute approximate surface area is 199 Å². The Morgan fingerprint density at radius 3 is 2.50 bits per heavy atom. The summed E-state index contributed by atoms with van der Waals surface area (Å²) < 4.78 is 33.8. The van der Waals surface area contributed by atoms with Crippen LogP contribution in [-0.4, -0.2) is 55.0 Å². The second-order valence-electron chi connectivity index (χ2n) is 9.67. The van der Waals surface area contributed by atoms with Gasteiger partial charge in [-0.1, -0.05) is 23.8 Å². The molecule has 1 aliphatic rings. The van der Waals surface area contributed by atoms with Gasteiger partial charge in [0, 0.05) is 43.2 Å². The number of rotatable bonds is 4. The summed E-state index contributed by atoms with van der Waals surface area (Å²) in [5.41, 5.74) is 1.84. The number of aryl methyl sites for hydroxylation is 1. The molecule has 9 heteroatoms. The van der Waals surface area contributed by atoms with E-state index in [4.69, 9.17) is 4.74 Å². The first-order chi connectivity index (χ1) is 15.9. The summed E-state index contributed by atoms with van der Waals surface area (Å²) >= 11 is 0. The van der Waals surface area contributed by atoms with E-state index in [1.165, 1.54) is 8.87 Å². The maximum Gasteiger partial charge on any atom is 0.410 e. The van der Waals surface area contributed by atoms with E-state index >= 15 is 0 Å². The first-order valence-electron chi connectivity index (χ1n) is 11.1. The summed E-state index contributed by atoms with van der Waals surface area (Å²) in [7, 11) is -2.27. The summed E-state index contributed by atoms with van der Waals surface area (Å²) in [4.78, 5) is 27.0. The SMILES string of the molecule is Cc1ccc(S(=O)(=O)n2cc3c4c(cccc42)C(=O)NCC3CN(C)C(=O)OC(C)(C)C)cc1. The Hall–Kier alpha value is -3.33. The highest BCUT2D eigenvalue weighted by atomic mass is 32.2. The van der Waals surface area contributed by atoms with Crippen molar-refractivity contribution in [1.29, 1.82) is 0 Å². The van der Waals surface area contributed by atoms with Gasteiger partial charge in [-0.05, 0) is 57.5 Å². The molecule has 1 atom stereocenters. The molecule has 0 fully saturated rings. The lowest BCUT2D eigenvalue weighted by atomic mass is 9.97. The van der Waals surface area contributed by atoms with Crippen molar-refractivity contribution in [2.24, 2.45) is 0 Å². The van der Waals surface area contributed by atoms with Crippen LogP contribution in [0, 0.1) is 6.92 Å². The molecule has 2 aromatic carbocycles. The number of nitrogens with one attached hydrogen (secondary N) is 1. The minimum atomic E-state index is -3.90. The van der Waals surface area contributed by atoms with E-state index in [0.29, 0.717) is 22.0 Å². The molecule has 1 aliphatic heterocycles. The average molecular weight is 484 g/mol. The Bertz CT molecular complexity index is 1370. The molecule has 1 unspecified atom stereocenters. The molecule has 2 heterocycles. The molecule has 180 valence electrons. The van der Waals surface area contributed by atoms with E-state index in [1.807, 2.05) is 6.92 Å². The van der Waals surface area contributed by atoms with E-state index in [9.17, 15) is 18.0 Å². The van der Waals surface area contributed by atoms with Gasteiger partial charge in [0.2, 0.25) is 0 Å². The first-order valence-corrected chi connectivity index (χ1v) is 12.5. The third-order valence-electron chi connectivity index (χ3n) is 5.80. The molecule has 0 saturated heterocycles. The maximum atomic E-state index is 13.6. The lowest BCUT2D eigenvalue weighted by molar-refractivity contribution is 0.0289. The molecule has 0 radical (unpaired) electrons. The number of carbonyl (C=O) groups is 2. The lowest BCUT2D eigenvalue weighted by Crippen LogP contribution is -2.38. The average Bonchev–Trinajstić information content (AvgIpc) is 3.10. The molecule has 1 aromatic heterocycles. The number of amides is 2. The van der Waals surface area contributed by atoms with Crippen LogP contribution in [0.2, 0.25) is 0 Å². The molecule has 0 aliphatic carbocycles. The topological polar surface area (TPSA) is 97.7 Å². The van der Waals surface area contributed by atoms with Crippen LogP contribution in [-0.2, 0) is 14.8 Å². The maximum absolute atomic E-state index is 13.6. The fourth-order valence-electron chi connectivity index (χ4n) is 4.14. The van der Waals surface area contributed by atoms with Crippen LogP contribution in [0.25, 0.3) is 10.9 Å². The highest BCUT2D eigenvalue weighted by Crippen LogP contribution is 2.35. The van der Waals surface area contributed by atoms with Gasteiger partial charge < -0.3 is 15.0 Å². The molecule has 3 aromatic rings. The molecule has 0 bridgehead atoms. The van der Waals surface area contributed by atoms with Crippen LogP contribution in [0.3, 0.4) is 0 Å². The van der Waals surface area contributed by atoms with Gasteiger partial charge in [-0.3, -0.25) is 4.79 Å². The number of aromatic nitrogens is 1. The smallest absolute Gasteiger partial charge is 0.410 e. The van der Waals surface area contributed by atoms with Crippen LogP contribution in [0.15, 0.2) is 53.6 Å². The van der Waals surface area contributed by atoms with Crippen LogP contribution in [0.5, 0.6) is 0 Å². The third kappa shape index (κ3) is 4.40. The Balaban J connectivity index is 1.81. The van der Waals surface area contributed by atoms with Crippen molar-refractivity contribution in [2.45, 2.75) is 44.1 Å². The monoisotopic (exact) mass is 483 g/mol. The zero-order valence-electron chi connectivity index (χ0n) is 20.0. The number of benzene rings is 2. The van der Waals surface area contributed by atoms with E-state index in [1.54, 1.807) is 76.5 Å². The largest absolute Gasteiger partial charge is 0.444 e. The zero-order chi connectivity index (χ0) is 24.8. The number of hydrogen-bond acceptors (Lipinski definition) is 5. The molecule has 8 nitrogen and oxygen atoms in total. The summed E-state index contributed by atoms with van der Waals surface area (Å²) in [5.74, 6) is -0.609. The molecule has 0 spiro atoms. The van der Waals surface area contributed by atoms with Crippen molar-refractivity contribution in [3.05, 3.63) is 65.4 Å². The quantitative estimate of drug-likeness (QED) is 0.607. The normalized spacial score (nSPS) is 16.1. The van der Waals surface area contributed by atoms with E-state index in [0.717, 1.165) is 5.56 Å². The van der Waals surface area contributed by atoms with Crippen LogP contribution >= 0.6 is 0 Å². The minimum absolute atomic E-state index is 0.163. The minimum Gasteiger partial charge on any atom is -0.444 e. The van der Waals surface area contributed by atoms with Crippen molar-refractivity contribution in [1.82, 2.24) is 14.2 Å². The van der Waals surface area contributed by atoms with Gasteiger partial charge in [0.1, 0.15) is 5.60 Å². The van der Waals surface area contributed by atoms with Crippen molar-refractivity contribution in [2.75, 3.05) is 20.1 Å². The van der Waals surface area contributed by atoms with Crippen LogP contribution < -0.4 is 5.32 Å². The summed E-state index contributed by atoms with van der Waals surface area (Å²) in [5, 5.41) is 3.48. The van der Waals surface area contributed by atoms with E-state index in [2.05, 4.69) is 5.32 Å². The van der Waals surface area contributed by atoms with Crippen molar-refractivity contribution >= 4 is 32.9 Å². The fraction of sp³-hybridized carbons (Fsp3) is 0.360. The number of likely N-dealkylation sites (N-methyl/N-ethyl adjacent to an activating group) is 1. The lowest BCUT2D eigenvalue weighted by Gasteiger charge is -2.27. The van der Waals surface area contributed by atoms with Gasteiger partial charge in [-0.15, -0.1) is 0 Å². The van der Waals surface area contributed by atoms with Gasteiger partial charge in [0.05, 0.1) is 10.4 Å². The Morgan fingerprint density at radius 2 is 1.85 bits per heavy atom. The van der Waals surface area contributed by atoms with Gasteiger partial charge >= 0.3 is 6.09 Å². The molecule has 1 N–H and O–H groups in total. The van der Waals surface area contributed by atoms with E-state index < -0.39 is 21.7 Å². The summed E-state index contributed by atoms with van der Waals surface area (Å²) in [6, 6.07) is 11.7. The molecular formula is C25H29N3O5S. The highest BCUT2D eigenvalue weighted by Gasteiger charge is 2.32. The van der Waals surface area contributed by atoms with Crippen molar-refractivity contribution < 1.29 is 22.7 Å². The predicted molar refractivity (Wildman–Crippen MR) is 130 cm³/mol. The predicted octanol–water partition coefficient (Wildman–Crippen LogP) is 3.88. The molecule has 0 saturated carbocycles. The molecular weight excluding hydrogens is 454 g/mol. The Kier molecular flexibility index (Phi) is 5.93. The van der Waals surface area contributed by atoms with Crippen molar-refractivity contribution in [3.63, 3.8) is 0 Å². The highest BCUT2D eigenvalue weighted by molar-refractivity contribution is 7.90. The number of hydrogen-bond donors (Lipinski definition) is 1. The second kappa shape index (κ2) is 8.47. The van der Waals surface area contributed by atoms with E-state index in [-0.39, 0.29) is 29.8 Å². The van der Waals surface area contributed by atoms with Gasteiger partial charge in [0.25, 0.3) is 15.9 Å². The standard InChI is InChI=1S/C25H29N3O5S/c1-16-9-11-18(12-10-16)34(31,32)28-15-20-17(14-27(5)24(30)33-25(2,3)4)13-26-23(29)19-7-6-8-21(28)22(19)20/h6-12,15,17H,13-14H2,1-5H3,(H,26,29). The number of carbonyl (C=O) groups excluding carboxylic acids is 2. The number of nitrogens with zero attached hydrogens (tertiary/aromatic N) is 2. The van der Waals surface area contributed by atoms with Gasteiger partial charge in [-0.25, -0.2) is 17.2 Å². The molecule has 34 heavy (non-hydrogen) atoms. The number of ether oxygens (including phenoxy) is 1. The molecule has 4 rings (SSSR count). The second-order valence-corrected chi connectivity index (χ2v) is 11.5. The fourth-order valence-corrected chi connectivity index (χ4v) is 5.51. The Morgan fingerprint density at radius 1 is 1.18 bits per heavy atom. The third-order valence-corrected chi connectivity index (χ3v) is 7.48. The first kappa shape index (κ1) is 23.8. The summed E-state index contributed by atoms with van der Waals surface area (Å²) in [6.07, 6.45) is 1.09. The van der Waals surface area contributed by atoms with Gasteiger partial charge in [-0.2, -0.15) is 0 Å². The summed E-state index contributed by atoms with van der Waals surface area (Å²) in [6.45, 7) is 7.76. The van der Waals surface area contributed by atoms with Crippen molar-refractivity contribution in [3.8, 4) is 0 Å². The van der Waals surface area contributed by atoms with Crippen LogP contribution in [0.1, 0.15) is 48.2 Å².